The highest BCUT2D eigenvalue weighted by atomic mass is 14.5. The third-order valence-electron chi connectivity index (χ3n) is 11.4. The highest BCUT2D eigenvalue weighted by Crippen LogP contribution is 2.40. The van der Waals surface area contributed by atoms with Crippen molar-refractivity contribution in [2.24, 2.45) is 11.1 Å². The van der Waals surface area contributed by atoms with E-state index in [2.05, 4.69) is 20.8 Å². The molecule has 0 saturated carbocycles. The van der Waals surface area contributed by atoms with Crippen molar-refractivity contribution in [1.29, 1.82) is 0 Å². The number of unbranched alkanes of at least 4 members (excludes halogenated alkanes) is 33. The summed E-state index contributed by atoms with van der Waals surface area (Å²) in [6, 6.07) is 0. The molecule has 0 aromatic rings. The number of hydrogen-bond acceptors (Lipinski definition) is 1. The second-order valence-electron chi connectivity index (χ2n) is 16.0. The Balaban J connectivity index is 4.34. The van der Waals surface area contributed by atoms with Crippen molar-refractivity contribution in [1.82, 2.24) is 0 Å². The smallest absolute Gasteiger partial charge is 0.00720 e. The van der Waals surface area contributed by atoms with Crippen molar-refractivity contribution in [3.05, 3.63) is 0 Å². The molecule has 0 saturated heterocycles. The van der Waals surface area contributed by atoms with E-state index in [1.807, 2.05) is 0 Å². The topological polar surface area (TPSA) is 26.0 Å². The van der Waals surface area contributed by atoms with E-state index in [9.17, 15) is 0 Å². The van der Waals surface area contributed by atoms with Gasteiger partial charge in [0.15, 0.2) is 0 Å². The lowest BCUT2D eigenvalue weighted by Gasteiger charge is -2.34. The Morgan fingerprint density at radius 2 is 0.413 bits per heavy atom. The van der Waals surface area contributed by atoms with Crippen LogP contribution in [0.5, 0.6) is 0 Å². The lowest BCUT2D eigenvalue weighted by Crippen LogP contribution is -2.25. The van der Waals surface area contributed by atoms with Gasteiger partial charge in [-0.05, 0) is 37.6 Å². The SMILES string of the molecule is CCCCCCCCCCCCCCC(CCN)(CCCCCCCCCCCCCC)CCCCCCCCCCCCCC. The van der Waals surface area contributed by atoms with Gasteiger partial charge in [-0.1, -0.05) is 252 Å². The van der Waals surface area contributed by atoms with Gasteiger partial charge >= 0.3 is 0 Å². The summed E-state index contributed by atoms with van der Waals surface area (Å²) in [5.74, 6) is 0. The number of hydrogen-bond donors (Lipinski definition) is 1. The van der Waals surface area contributed by atoms with Gasteiger partial charge in [0.05, 0.1) is 0 Å². The highest BCUT2D eigenvalue weighted by molar-refractivity contribution is 4.80. The molecule has 0 aliphatic rings. The minimum absolute atomic E-state index is 0.546. The molecule has 0 aromatic carbocycles. The van der Waals surface area contributed by atoms with Gasteiger partial charge in [-0.3, -0.25) is 0 Å². The minimum atomic E-state index is 0.546. The lowest BCUT2D eigenvalue weighted by molar-refractivity contribution is 0.181. The van der Waals surface area contributed by atoms with Crippen LogP contribution in [0.3, 0.4) is 0 Å². The van der Waals surface area contributed by atoms with Crippen LogP contribution in [0.15, 0.2) is 0 Å². The maximum absolute atomic E-state index is 6.32. The molecule has 0 spiro atoms. The zero-order chi connectivity index (χ0) is 33.5. The Morgan fingerprint density at radius 3 is 0.587 bits per heavy atom. The van der Waals surface area contributed by atoms with Gasteiger partial charge in [0.1, 0.15) is 0 Å². The van der Waals surface area contributed by atoms with Crippen LogP contribution in [0.2, 0.25) is 0 Å². The molecule has 0 rings (SSSR count). The predicted molar refractivity (Wildman–Crippen MR) is 213 cm³/mol. The molecular formula is C45H93N. The molecule has 1 nitrogen and oxygen atoms in total. The van der Waals surface area contributed by atoms with Crippen LogP contribution in [0.1, 0.15) is 278 Å². The maximum Gasteiger partial charge on any atom is -0.00720 e. The van der Waals surface area contributed by atoms with Crippen molar-refractivity contribution in [3.63, 3.8) is 0 Å². The maximum atomic E-state index is 6.32. The van der Waals surface area contributed by atoms with E-state index < -0.39 is 0 Å². The average molecular weight is 648 g/mol. The van der Waals surface area contributed by atoms with E-state index in [-0.39, 0.29) is 0 Å². The van der Waals surface area contributed by atoms with Crippen LogP contribution in [0.25, 0.3) is 0 Å². The molecule has 0 amide bonds. The lowest BCUT2D eigenvalue weighted by atomic mass is 9.71. The molecule has 46 heavy (non-hydrogen) atoms. The van der Waals surface area contributed by atoms with E-state index in [4.69, 9.17) is 5.73 Å². The van der Waals surface area contributed by atoms with E-state index in [1.54, 1.807) is 0 Å². The molecule has 2 N–H and O–H groups in total. The zero-order valence-corrected chi connectivity index (χ0v) is 33.1. The number of nitrogens with two attached hydrogens (primary N) is 1. The summed E-state index contributed by atoms with van der Waals surface area (Å²) in [6.07, 6.45) is 58.0. The van der Waals surface area contributed by atoms with Crippen LogP contribution in [-0.4, -0.2) is 6.54 Å². The summed E-state index contributed by atoms with van der Waals surface area (Å²) >= 11 is 0. The summed E-state index contributed by atoms with van der Waals surface area (Å²) in [7, 11) is 0. The third-order valence-corrected chi connectivity index (χ3v) is 11.4. The van der Waals surface area contributed by atoms with E-state index >= 15 is 0 Å². The molecule has 0 heterocycles. The van der Waals surface area contributed by atoms with Gasteiger partial charge in [0, 0.05) is 0 Å². The Hall–Kier alpha value is -0.0400. The fourth-order valence-electron chi connectivity index (χ4n) is 8.08. The quantitative estimate of drug-likeness (QED) is 0.0656. The Bertz CT molecular complexity index is 458. The Kier molecular flexibility index (Phi) is 39.4. The van der Waals surface area contributed by atoms with Gasteiger partial charge in [-0.25, -0.2) is 0 Å². The second-order valence-corrected chi connectivity index (χ2v) is 16.0. The molecule has 0 radical (unpaired) electrons. The first kappa shape index (κ1) is 46.0. The van der Waals surface area contributed by atoms with Gasteiger partial charge in [0.25, 0.3) is 0 Å². The Labute approximate surface area is 294 Å². The van der Waals surface area contributed by atoms with Crippen LogP contribution in [0, 0.1) is 5.41 Å². The minimum Gasteiger partial charge on any atom is -0.330 e. The monoisotopic (exact) mass is 648 g/mol. The summed E-state index contributed by atoms with van der Waals surface area (Å²) in [4.78, 5) is 0. The van der Waals surface area contributed by atoms with Crippen molar-refractivity contribution in [2.75, 3.05) is 6.54 Å². The molecule has 0 aliphatic heterocycles. The molecular weight excluding hydrogens is 555 g/mol. The van der Waals surface area contributed by atoms with Crippen LogP contribution < -0.4 is 5.73 Å². The first-order chi connectivity index (χ1) is 22.7. The van der Waals surface area contributed by atoms with Crippen molar-refractivity contribution < 1.29 is 0 Å². The van der Waals surface area contributed by atoms with E-state index in [0.717, 1.165) is 6.54 Å². The predicted octanol–water partition coefficient (Wildman–Crippen LogP) is 16.6. The highest BCUT2D eigenvalue weighted by Gasteiger charge is 2.27. The molecule has 0 atom stereocenters. The molecule has 0 aromatic heterocycles. The van der Waals surface area contributed by atoms with Crippen molar-refractivity contribution >= 4 is 0 Å². The molecule has 0 bridgehead atoms. The van der Waals surface area contributed by atoms with Gasteiger partial charge < -0.3 is 5.73 Å². The summed E-state index contributed by atoms with van der Waals surface area (Å²) < 4.78 is 0. The summed E-state index contributed by atoms with van der Waals surface area (Å²) in [6.45, 7) is 7.85. The second kappa shape index (κ2) is 39.4. The summed E-state index contributed by atoms with van der Waals surface area (Å²) in [5.41, 5.74) is 6.87. The van der Waals surface area contributed by atoms with Crippen molar-refractivity contribution in [3.8, 4) is 0 Å². The molecule has 0 fully saturated rings. The first-order valence-corrected chi connectivity index (χ1v) is 22.4. The zero-order valence-electron chi connectivity index (χ0n) is 33.1. The fraction of sp³-hybridized carbons (Fsp3) is 1.00. The molecule has 0 unspecified atom stereocenters. The van der Waals surface area contributed by atoms with Crippen molar-refractivity contribution in [2.45, 2.75) is 278 Å². The summed E-state index contributed by atoms with van der Waals surface area (Å²) in [5, 5.41) is 0. The molecule has 0 aliphatic carbocycles. The molecule has 278 valence electrons. The number of rotatable bonds is 41. The van der Waals surface area contributed by atoms with Crippen LogP contribution >= 0.6 is 0 Å². The fourth-order valence-corrected chi connectivity index (χ4v) is 8.08. The van der Waals surface area contributed by atoms with Gasteiger partial charge in [-0.15, -0.1) is 0 Å². The van der Waals surface area contributed by atoms with Crippen LogP contribution in [-0.2, 0) is 0 Å². The first-order valence-electron chi connectivity index (χ1n) is 22.4. The standard InChI is InChI=1S/C45H93N/c1-4-7-10-13-16-19-22-25-28-31-34-37-40-45(43-44-46,41-38-35-32-29-26-23-20-17-14-11-8-5-2)42-39-36-33-30-27-24-21-18-15-12-9-6-3/h4-44,46H2,1-3H3. The van der Waals surface area contributed by atoms with Gasteiger partial charge in [0.2, 0.25) is 0 Å². The molecule has 1 heteroatoms. The van der Waals surface area contributed by atoms with E-state index in [1.165, 1.54) is 257 Å². The van der Waals surface area contributed by atoms with E-state index in [0.29, 0.717) is 5.41 Å². The Morgan fingerprint density at radius 1 is 0.239 bits per heavy atom. The third kappa shape index (κ3) is 33.8. The normalized spacial score (nSPS) is 12.0. The largest absolute Gasteiger partial charge is 0.330 e. The average Bonchev–Trinajstić information content (AvgIpc) is 3.06. The van der Waals surface area contributed by atoms with Gasteiger partial charge in [-0.2, -0.15) is 0 Å². The van der Waals surface area contributed by atoms with Crippen LogP contribution in [0.4, 0.5) is 0 Å².